The molecule has 1 saturated heterocycles. The standard InChI is InChI=1S/C16H28O4/c1-4-5-6-7-8-9-10-11-12(17)13(18)15-14(11)19-16(2,3)20-15/h10,12-15,17-18H,4-9H2,1-3H3/b11-10-/t12-,13-,14-,15+/m1/s1. The van der Waals surface area contributed by atoms with E-state index in [1.165, 1.54) is 25.7 Å². The lowest BCUT2D eigenvalue weighted by Gasteiger charge is -2.22. The van der Waals surface area contributed by atoms with E-state index in [-0.39, 0.29) is 6.10 Å². The zero-order chi connectivity index (χ0) is 14.8. The Morgan fingerprint density at radius 3 is 2.50 bits per heavy atom. The Labute approximate surface area is 121 Å². The largest absolute Gasteiger partial charge is 0.387 e. The molecular weight excluding hydrogens is 256 g/mol. The Hall–Kier alpha value is -0.420. The third kappa shape index (κ3) is 3.42. The van der Waals surface area contributed by atoms with Crippen molar-refractivity contribution in [2.45, 2.75) is 89.5 Å². The second-order valence-corrected chi connectivity index (χ2v) is 6.36. The van der Waals surface area contributed by atoms with Crippen LogP contribution in [0.3, 0.4) is 0 Å². The third-order valence-corrected chi connectivity index (χ3v) is 4.15. The number of aliphatic hydroxyl groups is 2. The second kappa shape index (κ2) is 6.56. The molecule has 1 saturated carbocycles. The Balaban J connectivity index is 1.89. The zero-order valence-corrected chi connectivity index (χ0v) is 12.8. The Morgan fingerprint density at radius 1 is 1.10 bits per heavy atom. The quantitative estimate of drug-likeness (QED) is 0.581. The van der Waals surface area contributed by atoms with Crippen molar-refractivity contribution in [3.63, 3.8) is 0 Å². The molecule has 2 fully saturated rings. The Kier molecular flexibility index (Phi) is 5.24. The smallest absolute Gasteiger partial charge is 0.164 e. The van der Waals surface area contributed by atoms with Crippen LogP contribution in [0.1, 0.15) is 59.3 Å². The Morgan fingerprint density at radius 2 is 1.80 bits per heavy atom. The van der Waals surface area contributed by atoms with E-state index in [4.69, 9.17) is 9.47 Å². The van der Waals surface area contributed by atoms with Gasteiger partial charge in [-0.3, -0.25) is 0 Å². The molecule has 1 aliphatic heterocycles. The highest BCUT2D eigenvalue weighted by Gasteiger charge is 2.55. The van der Waals surface area contributed by atoms with E-state index >= 15 is 0 Å². The average Bonchev–Trinajstić information content (AvgIpc) is 2.81. The van der Waals surface area contributed by atoms with Crippen LogP contribution in [-0.4, -0.2) is 40.4 Å². The minimum absolute atomic E-state index is 0.300. The summed E-state index contributed by atoms with van der Waals surface area (Å²) in [6.07, 6.45) is 6.63. The van der Waals surface area contributed by atoms with Gasteiger partial charge in [0.25, 0.3) is 0 Å². The van der Waals surface area contributed by atoms with Gasteiger partial charge in [0, 0.05) is 0 Å². The molecular formula is C16H28O4. The molecule has 0 radical (unpaired) electrons. The average molecular weight is 284 g/mol. The molecule has 0 bridgehead atoms. The van der Waals surface area contributed by atoms with Crippen LogP contribution in [-0.2, 0) is 9.47 Å². The van der Waals surface area contributed by atoms with Crippen molar-refractivity contribution < 1.29 is 19.7 Å². The molecule has 20 heavy (non-hydrogen) atoms. The fourth-order valence-electron chi connectivity index (χ4n) is 3.10. The van der Waals surface area contributed by atoms with Crippen molar-refractivity contribution in [2.75, 3.05) is 0 Å². The highest BCUT2D eigenvalue weighted by molar-refractivity contribution is 5.27. The number of unbranched alkanes of at least 4 members (excludes halogenated alkanes) is 5. The first-order valence-electron chi connectivity index (χ1n) is 7.88. The molecule has 1 heterocycles. The fourth-order valence-corrected chi connectivity index (χ4v) is 3.10. The molecule has 0 amide bonds. The van der Waals surface area contributed by atoms with Crippen LogP contribution < -0.4 is 0 Å². The maximum atomic E-state index is 10.1. The van der Waals surface area contributed by atoms with E-state index < -0.39 is 24.1 Å². The molecule has 2 aliphatic rings. The molecule has 0 aromatic heterocycles. The highest BCUT2D eigenvalue weighted by Crippen LogP contribution is 2.41. The number of rotatable bonds is 6. The highest BCUT2D eigenvalue weighted by atomic mass is 16.8. The van der Waals surface area contributed by atoms with Crippen LogP contribution in [0.15, 0.2) is 11.6 Å². The lowest BCUT2D eigenvalue weighted by molar-refractivity contribution is -0.166. The minimum Gasteiger partial charge on any atom is -0.387 e. The van der Waals surface area contributed by atoms with Crippen LogP contribution in [0.4, 0.5) is 0 Å². The molecule has 0 aromatic carbocycles. The first-order valence-corrected chi connectivity index (χ1v) is 7.88. The van der Waals surface area contributed by atoms with Crippen molar-refractivity contribution in [1.82, 2.24) is 0 Å². The molecule has 1 aliphatic carbocycles. The predicted molar refractivity (Wildman–Crippen MR) is 77.3 cm³/mol. The van der Waals surface area contributed by atoms with Crippen molar-refractivity contribution in [2.24, 2.45) is 0 Å². The van der Waals surface area contributed by atoms with Gasteiger partial charge in [-0.1, -0.05) is 38.7 Å². The van der Waals surface area contributed by atoms with Gasteiger partial charge in [-0.15, -0.1) is 0 Å². The number of ether oxygens (including phenoxy) is 2. The van der Waals surface area contributed by atoms with Crippen molar-refractivity contribution in [3.8, 4) is 0 Å². The van der Waals surface area contributed by atoms with E-state index in [2.05, 4.69) is 6.92 Å². The van der Waals surface area contributed by atoms with Crippen molar-refractivity contribution in [3.05, 3.63) is 11.6 Å². The topological polar surface area (TPSA) is 58.9 Å². The molecule has 4 atom stereocenters. The number of fused-ring (bicyclic) bond motifs is 1. The van der Waals surface area contributed by atoms with Crippen LogP contribution in [0.5, 0.6) is 0 Å². The summed E-state index contributed by atoms with van der Waals surface area (Å²) in [6.45, 7) is 5.89. The maximum Gasteiger partial charge on any atom is 0.164 e. The van der Waals surface area contributed by atoms with Crippen molar-refractivity contribution >= 4 is 0 Å². The second-order valence-electron chi connectivity index (χ2n) is 6.36. The number of allylic oxidation sites excluding steroid dienone is 1. The van der Waals surface area contributed by atoms with Gasteiger partial charge in [-0.25, -0.2) is 0 Å². The van der Waals surface area contributed by atoms with Crippen LogP contribution in [0.2, 0.25) is 0 Å². The summed E-state index contributed by atoms with van der Waals surface area (Å²) in [7, 11) is 0. The number of aliphatic hydroxyl groups excluding tert-OH is 2. The Bertz CT molecular complexity index is 350. The molecule has 116 valence electrons. The SMILES string of the molecule is CCCCCCC/C=C1/[C@@H](O)[C@@H](O)[C@@H]2OC(C)(C)O[C@H]12. The molecule has 0 unspecified atom stereocenters. The lowest BCUT2D eigenvalue weighted by atomic mass is 10.1. The minimum atomic E-state index is -0.881. The van der Waals surface area contributed by atoms with E-state index in [9.17, 15) is 10.2 Å². The van der Waals surface area contributed by atoms with E-state index in [0.717, 1.165) is 18.4 Å². The summed E-state index contributed by atoms with van der Waals surface area (Å²) < 4.78 is 11.5. The maximum absolute atomic E-state index is 10.1. The summed E-state index contributed by atoms with van der Waals surface area (Å²) in [4.78, 5) is 0. The predicted octanol–water partition coefficient (Wildman–Crippen LogP) is 2.53. The summed E-state index contributed by atoms with van der Waals surface area (Å²) >= 11 is 0. The lowest BCUT2D eigenvalue weighted by Crippen LogP contribution is -2.34. The van der Waals surface area contributed by atoms with Gasteiger partial charge >= 0.3 is 0 Å². The first-order chi connectivity index (χ1) is 9.46. The zero-order valence-electron chi connectivity index (χ0n) is 12.8. The van der Waals surface area contributed by atoms with Crippen molar-refractivity contribution in [1.29, 1.82) is 0 Å². The third-order valence-electron chi connectivity index (χ3n) is 4.15. The first kappa shape index (κ1) is 16.0. The number of hydrogen-bond acceptors (Lipinski definition) is 4. The van der Waals surface area contributed by atoms with Crippen LogP contribution in [0, 0.1) is 0 Å². The fraction of sp³-hybridized carbons (Fsp3) is 0.875. The van der Waals surface area contributed by atoms with Gasteiger partial charge in [0.05, 0.1) is 0 Å². The molecule has 2 N–H and O–H groups in total. The van der Waals surface area contributed by atoms with Gasteiger partial charge in [0.1, 0.15) is 24.4 Å². The van der Waals surface area contributed by atoms with Crippen LogP contribution in [0.25, 0.3) is 0 Å². The normalized spacial score (nSPS) is 37.5. The summed E-state index contributed by atoms with van der Waals surface area (Å²) in [5, 5.41) is 20.1. The summed E-state index contributed by atoms with van der Waals surface area (Å²) in [6, 6.07) is 0. The van der Waals surface area contributed by atoms with Crippen LogP contribution >= 0.6 is 0 Å². The summed E-state index contributed by atoms with van der Waals surface area (Å²) in [5.41, 5.74) is 0.795. The molecule has 2 rings (SSSR count). The van der Waals surface area contributed by atoms with Gasteiger partial charge in [-0.05, 0) is 32.3 Å². The summed E-state index contributed by atoms with van der Waals surface area (Å²) in [5.74, 6) is -0.684. The number of hydrogen-bond donors (Lipinski definition) is 2. The molecule has 4 nitrogen and oxygen atoms in total. The van der Waals surface area contributed by atoms with Gasteiger partial charge < -0.3 is 19.7 Å². The van der Waals surface area contributed by atoms with E-state index in [0.29, 0.717) is 0 Å². The van der Waals surface area contributed by atoms with E-state index in [1.807, 2.05) is 19.9 Å². The van der Waals surface area contributed by atoms with Gasteiger partial charge in [0.15, 0.2) is 5.79 Å². The van der Waals surface area contributed by atoms with Gasteiger partial charge in [0.2, 0.25) is 0 Å². The molecule has 0 spiro atoms. The monoisotopic (exact) mass is 284 g/mol. The van der Waals surface area contributed by atoms with Gasteiger partial charge in [-0.2, -0.15) is 0 Å². The molecule has 4 heteroatoms. The van der Waals surface area contributed by atoms with E-state index in [1.54, 1.807) is 0 Å². The molecule has 0 aromatic rings.